The van der Waals surface area contributed by atoms with Gasteiger partial charge >= 0.3 is 205 Å². The van der Waals surface area contributed by atoms with Crippen molar-refractivity contribution in [3.8, 4) is 0 Å². The van der Waals surface area contributed by atoms with Gasteiger partial charge in [-0.15, -0.1) is 0 Å². The summed E-state index contributed by atoms with van der Waals surface area (Å²) in [6.07, 6.45) is 0. The van der Waals surface area contributed by atoms with Gasteiger partial charge in [0.1, 0.15) is 9.76 Å². The lowest BCUT2D eigenvalue weighted by molar-refractivity contribution is 0.245. The van der Waals surface area contributed by atoms with E-state index in [4.69, 9.17) is 103 Å². The molecule has 0 amide bonds. The summed E-state index contributed by atoms with van der Waals surface area (Å²) >= 11 is 0. The highest BCUT2D eigenvalue weighted by atomic mass is 28.6. The Labute approximate surface area is 660 Å². The second-order valence-corrected chi connectivity index (χ2v) is 131. The minimum atomic E-state index is -2.91. The van der Waals surface area contributed by atoms with Crippen molar-refractivity contribution in [1.82, 2.24) is 0 Å². The van der Waals surface area contributed by atoms with E-state index in [0.29, 0.717) is 0 Å². The Hall–Kier alpha value is 4.64. The second kappa shape index (κ2) is 36.5. The van der Waals surface area contributed by atoms with Crippen LogP contribution < -0.4 is 0 Å². The molecule has 0 aliphatic carbocycles. The standard InChI is InChI=1S/C52H158O25Si26/c1-78-53-80(5,6)55-82(9,10)57-84(13,14)59-86(17,18)61-88(21,22)63-90(25,26)65-92(29,30)67-94(33,34)69-96(37,38)71-98(41,42)73-100(45,46)75-102(49,50)77-103(51,52)76-101(47,48)74-99(43,44)72-97(39,40)70-95(35,36)68-93(31,32)66-91(27,28)64-89(23,24)62-87(19,20)60-85(15,16)58-83(11,12)56-81(7,8)54-79(2,3)4/h78H2,1-52H3. The molecular weight excluding hydrogens is 1750 g/mol. The normalized spacial score (nSPS) is 16.3. The second-order valence-electron chi connectivity index (χ2n) is 38.6. The van der Waals surface area contributed by atoms with E-state index in [2.05, 4.69) is 340 Å². The number of hydrogen-bond acceptors (Lipinski definition) is 25. The highest BCUT2D eigenvalue weighted by molar-refractivity contribution is 6.97. The van der Waals surface area contributed by atoms with Crippen LogP contribution in [0.3, 0.4) is 0 Å². The first-order chi connectivity index (χ1) is 44.0. The molecule has 0 radical (unpaired) electrons. The lowest BCUT2D eigenvalue weighted by Crippen LogP contribution is -2.63. The van der Waals surface area contributed by atoms with Crippen LogP contribution in [0.25, 0.3) is 0 Å². The first-order valence-electron chi connectivity index (χ1n) is 36.5. The SMILES string of the molecule is C[SiH2]O[Si](C)(C)O[Si](C)(C)O[Si](C)(C)O[Si](C)(C)O[Si](C)(C)O[Si](C)(C)O[Si](C)(C)O[Si](C)(C)O[Si](C)(C)O[Si](C)(C)O[Si](C)(C)O[Si](C)(C)O[Si](C)(C)O[Si](C)(C)O[Si](C)(C)O[Si](C)(C)O[Si](C)(C)O[Si](C)(C)O[Si](C)(C)O[Si](C)(C)O[Si](C)(C)O[Si](C)(C)O[Si](C)(C)O[Si](C)(C)O[Si](C)(C)C. The van der Waals surface area contributed by atoms with Crippen LogP contribution in [0.15, 0.2) is 0 Å². The number of hydrogen-bond donors (Lipinski definition) is 0. The monoisotopic (exact) mass is 1910 g/mol. The first-order valence-corrected chi connectivity index (χ1v) is 109. The van der Waals surface area contributed by atoms with Crippen molar-refractivity contribution in [3.63, 3.8) is 0 Å². The highest BCUT2D eigenvalue weighted by Gasteiger charge is 2.56. The molecule has 25 nitrogen and oxygen atoms in total. The van der Waals surface area contributed by atoms with E-state index >= 15 is 0 Å². The smallest absolute Gasteiger partial charge is 0.314 e. The summed E-state index contributed by atoms with van der Waals surface area (Å²) in [4.78, 5) is 0. The molecule has 0 N–H and O–H groups in total. The maximum atomic E-state index is 7.00. The zero-order valence-electron chi connectivity index (χ0n) is 75.4. The Kier molecular flexibility index (Phi) is 38.1. The fourth-order valence-electron chi connectivity index (χ4n) is 15.2. The molecule has 0 bridgehead atoms. The lowest BCUT2D eigenvalue weighted by atomic mass is 11.8. The van der Waals surface area contributed by atoms with Crippen LogP contribution in [0.1, 0.15) is 0 Å². The van der Waals surface area contributed by atoms with Gasteiger partial charge in [0.05, 0.1) is 0 Å². The van der Waals surface area contributed by atoms with Crippen LogP contribution in [0, 0.1) is 0 Å². The van der Waals surface area contributed by atoms with E-state index in [0.717, 1.165) is 0 Å². The van der Waals surface area contributed by atoms with Gasteiger partial charge in [-0.1, -0.05) is 6.55 Å². The molecule has 0 aliphatic heterocycles. The van der Waals surface area contributed by atoms with Crippen LogP contribution in [0.4, 0.5) is 0 Å². The van der Waals surface area contributed by atoms with Crippen LogP contribution in [0.2, 0.25) is 340 Å². The van der Waals surface area contributed by atoms with Crippen molar-refractivity contribution in [3.05, 3.63) is 0 Å². The third kappa shape index (κ3) is 50.1. The summed E-state index contributed by atoms with van der Waals surface area (Å²) in [6.45, 7) is 108. The van der Waals surface area contributed by atoms with E-state index in [-0.39, 0.29) is 0 Å². The van der Waals surface area contributed by atoms with Gasteiger partial charge in [0.15, 0.2) is 8.32 Å². The summed E-state index contributed by atoms with van der Waals surface area (Å²) < 4.78 is 171. The quantitative estimate of drug-likeness (QED) is 0.0515. The molecule has 0 aliphatic rings. The van der Waals surface area contributed by atoms with E-state index in [1.54, 1.807) is 0 Å². The molecule has 0 spiro atoms. The molecule has 0 saturated heterocycles. The van der Waals surface area contributed by atoms with Crippen molar-refractivity contribution >= 4 is 224 Å². The van der Waals surface area contributed by atoms with Gasteiger partial charge in [-0.25, -0.2) is 0 Å². The van der Waals surface area contributed by atoms with Gasteiger partial charge in [-0.2, -0.15) is 0 Å². The van der Waals surface area contributed by atoms with E-state index in [9.17, 15) is 0 Å². The molecule has 0 unspecified atom stereocenters. The van der Waals surface area contributed by atoms with Crippen LogP contribution >= 0.6 is 0 Å². The first kappa shape index (κ1) is 108. The van der Waals surface area contributed by atoms with Crippen LogP contribution in [-0.2, 0) is 103 Å². The Bertz CT molecular complexity index is 2670. The fraction of sp³-hybridized carbons (Fsp3) is 1.00. The third-order valence-electron chi connectivity index (χ3n) is 12.4. The predicted molar refractivity (Wildman–Crippen MR) is 484 cm³/mol. The summed E-state index contributed by atoms with van der Waals surface area (Å²) in [5.41, 5.74) is 0. The Balaban J connectivity index is 5.91. The fourth-order valence-corrected chi connectivity index (χ4v) is 146. The van der Waals surface area contributed by atoms with Crippen molar-refractivity contribution in [2.45, 2.75) is 340 Å². The Morgan fingerprint density at radius 3 is 0.243 bits per heavy atom. The minimum absolute atomic E-state index is 0.610. The summed E-state index contributed by atoms with van der Waals surface area (Å²) in [6, 6.07) is 0. The molecule has 0 atom stereocenters. The molecule has 0 aromatic carbocycles. The average Bonchev–Trinajstić information content (AvgIpc) is 0.656. The van der Waals surface area contributed by atoms with Crippen molar-refractivity contribution < 1.29 is 103 Å². The summed E-state index contributed by atoms with van der Waals surface area (Å²) in [5, 5.41) is 0. The molecule has 0 heterocycles. The predicted octanol–water partition coefficient (Wildman–Crippen LogP) is 18.2. The van der Waals surface area contributed by atoms with Gasteiger partial charge in [0.25, 0.3) is 0 Å². The van der Waals surface area contributed by atoms with Crippen molar-refractivity contribution in [1.29, 1.82) is 0 Å². The maximum absolute atomic E-state index is 7.00. The van der Waals surface area contributed by atoms with Crippen LogP contribution in [-0.4, -0.2) is 224 Å². The average molecular weight is 1910 g/mol. The Morgan fingerprint density at radius 2 is 0.175 bits per heavy atom. The molecule has 0 saturated carbocycles. The summed E-state index contributed by atoms with van der Waals surface area (Å²) in [7, 11) is -69.3. The lowest BCUT2D eigenvalue weighted by Gasteiger charge is -2.45. The molecule has 0 fully saturated rings. The van der Waals surface area contributed by atoms with E-state index in [1.807, 2.05) is 0 Å². The van der Waals surface area contributed by atoms with Gasteiger partial charge in [0.2, 0.25) is 0 Å². The molecule has 0 aromatic rings. The minimum Gasteiger partial charge on any atom is -0.442 e. The van der Waals surface area contributed by atoms with Crippen molar-refractivity contribution in [2.75, 3.05) is 0 Å². The summed E-state index contributed by atoms with van der Waals surface area (Å²) in [5.74, 6) is 0. The molecule has 51 heteroatoms. The zero-order chi connectivity index (χ0) is 82.9. The van der Waals surface area contributed by atoms with Gasteiger partial charge in [-0.05, 0) is 334 Å². The Morgan fingerprint density at radius 1 is 0.107 bits per heavy atom. The topological polar surface area (TPSA) is 231 Å². The molecule has 103 heavy (non-hydrogen) atoms. The zero-order valence-corrected chi connectivity index (χ0v) is 102. The van der Waals surface area contributed by atoms with Crippen LogP contribution in [0.5, 0.6) is 0 Å². The van der Waals surface area contributed by atoms with Crippen molar-refractivity contribution in [2.24, 2.45) is 0 Å². The van der Waals surface area contributed by atoms with Gasteiger partial charge in [-0.3, -0.25) is 0 Å². The largest absolute Gasteiger partial charge is 0.442 e. The van der Waals surface area contributed by atoms with Gasteiger partial charge < -0.3 is 103 Å². The maximum Gasteiger partial charge on any atom is 0.314 e. The molecular formula is C52H158O25Si26. The van der Waals surface area contributed by atoms with Gasteiger partial charge in [0, 0.05) is 0 Å². The molecule has 0 aromatic heterocycles. The van der Waals surface area contributed by atoms with E-state index < -0.39 is 224 Å². The highest BCUT2D eigenvalue weighted by Crippen LogP contribution is 2.37. The third-order valence-corrected chi connectivity index (χ3v) is 111. The van der Waals surface area contributed by atoms with E-state index in [1.165, 1.54) is 0 Å². The molecule has 0 rings (SSSR count). The molecule has 620 valence electrons. The number of rotatable bonds is 50.